The number of aromatic amines is 1. The van der Waals surface area contributed by atoms with Gasteiger partial charge in [-0.1, -0.05) is 54.6 Å². The van der Waals surface area contributed by atoms with Crippen molar-refractivity contribution in [3.63, 3.8) is 0 Å². The van der Waals surface area contributed by atoms with Crippen LogP contribution in [0.5, 0.6) is 0 Å². The Bertz CT molecular complexity index is 1450. The van der Waals surface area contributed by atoms with Crippen molar-refractivity contribution in [3.8, 4) is 0 Å². The first-order valence-electron chi connectivity index (χ1n) is 9.15. The normalized spacial score (nSPS) is 12.3. The summed E-state index contributed by atoms with van der Waals surface area (Å²) < 4.78 is 28.5. The number of rotatable bonds is 4. The largest absolute Gasteiger partial charge is 0.345 e. The summed E-state index contributed by atoms with van der Waals surface area (Å²) in [5.41, 5.74) is 3.10. The fourth-order valence-electron chi connectivity index (χ4n) is 3.56. The lowest BCUT2D eigenvalue weighted by atomic mass is 10.1. The van der Waals surface area contributed by atoms with Gasteiger partial charge in [0.25, 0.3) is 10.0 Å². The highest BCUT2D eigenvalue weighted by Gasteiger charge is 2.22. The maximum Gasteiger partial charge on any atom is 0.268 e. The van der Waals surface area contributed by atoms with Crippen molar-refractivity contribution in [1.82, 2.24) is 13.9 Å². The second-order valence-electron chi connectivity index (χ2n) is 6.72. The quantitative estimate of drug-likeness (QED) is 0.466. The Morgan fingerprint density at radius 1 is 0.828 bits per heavy atom. The molecule has 0 aliphatic heterocycles. The topological polar surface area (TPSA) is 67.8 Å². The van der Waals surface area contributed by atoms with Crippen LogP contribution in [0.25, 0.3) is 34.0 Å². The van der Waals surface area contributed by atoms with Crippen LogP contribution in [0.1, 0.15) is 11.3 Å². The van der Waals surface area contributed by atoms with Crippen LogP contribution in [0.15, 0.2) is 90.2 Å². The predicted molar refractivity (Wildman–Crippen MR) is 116 cm³/mol. The zero-order valence-corrected chi connectivity index (χ0v) is 16.2. The van der Waals surface area contributed by atoms with Crippen molar-refractivity contribution in [2.24, 2.45) is 0 Å². The molecule has 0 fully saturated rings. The molecule has 1 N–H and O–H groups in total. The molecule has 0 spiro atoms. The van der Waals surface area contributed by atoms with E-state index in [4.69, 9.17) is 0 Å². The molecule has 142 valence electrons. The van der Waals surface area contributed by atoms with E-state index in [-0.39, 0.29) is 4.90 Å². The van der Waals surface area contributed by atoms with Gasteiger partial charge < -0.3 is 4.98 Å². The molecule has 0 aliphatic carbocycles. The molecule has 0 unspecified atom stereocenters. The van der Waals surface area contributed by atoms with Gasteiger partial charge >= 0.3 is 0 Å². The summed E-state index contributed by atoms with van der Waals surface area (Å²) in [5, 5.41) is 1.81. The Labute approximate surface area is 168 Å². The van der Waals surface area contributed by atoms with Crippen molar-refractivity contribution in [2.45, 2.75) is 4.90 Å². The van der Waals surface area contributed by atoms with Gasteiger partial charge in [-0.15, -0.1) is 0 Å². The number of nitrogens with one attached hydrogen (secondary N) is 1. The maximum absolute atomic E-state index is 13.5. The Hall–Kier alpha value is -3.64. The zero-order valence-electron chi connectivity index (χ0n) is 15.4. The van der Waals surface area contributed by atoms with Gasteiger partial charge in [0.2, 0.25) is 0 Å². The SMILES string of the molecule is O=S(=O)(c1ccccc1)n1c2ccccc2c2ccc(C=Cc3cnc[nH]3)cc21. The molecule has 6 heteroatoms. The summed E-state index contributed by atoms with van der Waals surface area (Å²) >= 11 is 0. The summed E-state index contributed by atoms with van der Waals surface area (Å²) in [6.07, 6.45) is 7.19. The van der Waals surface area contributed by atoms with Crippen LogP contribution < -0.4 is 0 Å². The van der Waals surface area contributed by atoms with E-state index in [1.807, 2.05) is 60.7 Å². The molecule has 0 saturated heterocycles. The first-order chi connectivity index (χ1) is 14.1. The van der Waals surface area contributed by atoms with Crippen LogP contribution in [0.3, 0.4) is 0 Å². The van der Waals surface area contributed by atoms with Crippen LogP contribution in [0.2, 0.25) is 0 Å². The van der Waals surface area contributed by atoms with Gasteiger partial charge in [-0.05, 0) is 35.9 Å². The van der Waals surface area contributed by atoms with Gasteiger partial charge in [0.05, 0.1) is 34.1 Å². The molecule has 0 atom stereocenters. The average molecular weight is 399 g/mol. The number of nitrogens with zero attached hydrogens (tertiary/aromatic N) is 2. The van der Waals surface area contributed by atoms with Crippen molar-refractivity contribution in [2.75, 3.05) is 0 Å². The van der Waals surface area contributed by atoms with Gasteiger partial charge in [0.15, 0.2) is 0 Å². The number of para-hydroxylation sites is 1. The number of H-pyrrole nitrogens is 1. The number of benzene rings is 3. The molecule has 0 aliphatic rings. The second-order valence-corrected chi connectivity index (χ2v) is 8.50. The zero-order chi connectivity index (χ0) is 19.8. The third-order valence-corrected chi connectivity index (χ3v) is 6.65. The number of fused-ring (bicyclic) bond motifs is 3. The first-order valence-corrected chi connectivity index (χ1v) is 10.6. The molecule has 0 radical (unpaired) electrons. The maximum atomic E-state index is 13.5. The molecule has 0 saturated carbocycles. The Kier molecular flexibility index (Phi) is 4.07. The van der Waals surface area contributed by atoms with Gasteiger partial charge in [-0.2, -0.15) is 0 Å². The molecule has 5 nitrogen and oxygen atoms in total. The fraction of sp³-hybridized carbons (Fsp3) is 0. The van der Waals surface area contributed by atoms with E-state index in [2.05, 4.69) is 9.97 Å². The minimum atomic E-state index is -3.75. The van der Waals surface area contributed by atoms with Crippen molar-refractivity contribution >= 4 is 44.0 Å². The van der Waals surface area contributed by atoms with E-state index in [1.54, 1.807) is 36.8 Å². The van der Waals surface area contributed by atoms with Gasteiger partial charge in [0, 0.05) is 10.8 Å². The summed E-state index contributed by atoms with van der Waals surface area (Å²) in [5.74, 6) is 0. The van der Waals surface area contributed by atoms with Crippen LogP contribution in [-0.4, -0.2) is 22.4 Å². The first kappa shape index (κ1) is 17.5. The minimum absolute atomic E-state index is 0.265. The smallest absolute Gasteiger partial charge is 0.268 e. The van der Waals surface area contributed by atoms with E-state index in [0.717, 1.165) is 22.0 Å². The lowest BCUT2D eigenvalue weighted by Gasteiger charge is -2.09. The summed E-state index contributed by atoms with van der Waals surface area (Å²) in [6.45, 7) is 0. The van der Waals surface area contributed by atoms with Gasteiger partial charge in [-0.25, -0.2) is 17.4 Å². The summed E-state index contributed by atoms with van der Waals surface area (Å²) in [4.78, 5) is 7.29. The summed E-state index contributed by atoms with van der Waals surface area (Å²) in [6, 6.07) is 22.0. The predicted octanol–water partition coefficient (Wildman–Crippen LogP) is 4.93. The van der Waals surface area contributed by atoms with Crippen LogP contribution in [0.4, 0.5) is 0 Å². The summed E-state index contributed by atoms with van der Waals surface area (Å²) in [7, 11) is -3.75. The third-order valence-electron chi connectivity index (χ3n) is 4.91. The lowest BCUT2D eigenvalue weighted by molar-refractivity contribution is 0.590. The Morgan fingerprint density at radius 3 is 2.38 bits per heavy atom. The Balaban J connectivity index is 1.77. The molecular weight excluding hydrogens is 382 g/mol. The van der Waals surface area contributed by atoms with Gasteiger partial charge in [0.1, 0.15) is 0 Å². The van der Waals surface area contributed by atoms with E-state index < -0.39 is 10.0 Å². The highest BCUT2D eigenvalue weighted by atomic mass is 32.2. The minimum Gasteiger partial charge on any atom is -0.345 e. The highest BCUT2D eigenvalue weighted by Crippen LogP contribution is 2.33. The molecule has 0 amide bonds. The van der Waals surface area contributed by atoms with E-state index in [1.165, 1.54) is 3.97 Å². The molecule has 0 bridgehead atoms. The number of hydrogen-bond acceptors (Lipinski definition) is 3. The number of aromatic nitrogens is 3. The highest BCUT2D eigenvalue weighted by molar-refractivity contribution is 7.90. The molecule has 5 aromatic rings. The molecule has 29 heavy (non-hydrogen) atoms. The fourth-order valence-corrected chi connectivity index (χ4v) is 5.10. The van der Waals surface area contributed by atoms with E-state index >= 15 is 0 Å². The standard InChI is InChI=1S/C23H17N3O2S/c27-29(28,19-6-2-1-3-7-19)26-22-9-5-4-8-20(22)21-13-11-17(14-23(21)26)10-12-18-15-24-16-25-18/h1-16H,(H,24,25). The number of imidazole rings is 1. The van der Waals surface area contributed by atoms with Crippen molar-refractivity contribution < 1.29 is 8.42 Å². The molecular formula is C23H17N3O2S. The molecule has 2 aromatic heterocycles. The lowest BCUT2D eigenvalue weighted by Crippen LogP contribution is -2.12. The van der Waals surface area contributed by atoms with E-state index in [9.17, 15) is 8.42 Å². The molecule has 2 heterocycles. The number of hydrogen-bond donors (Lipinski definition) is 1. The molecule has 5 rings (SSSR count). The van der Waals surface area contributed by atoms with Crippen molar-refractivity contribution in [3.05, 3.63) is 96.6 Å². The van der Waals surface area contributed by atoms with Crippen molar-refractivity contribution in [1.29, 1.82) is 0 Å². The Morgan fingerprint density at radius 2 is 1.59 bits per heavy atom. The van der Waals surface area contributed by atoms with Crippen LogP contribution in [-0.2, 0) is 10.0 Å². The third kappa shape index (κ3) is 2.94. The van der Waals surface area contributed by atoms with Crippen LogP contribution >= 0.6 is 0 Å². The van der Waals surface area contributed by atoms with Gasteiger partial charge in [-0.3, -0.25) is 0 Å². The monoisotopic (exact) mass is 399 g/mol. The average Bonchev–Trinajstić information content (AvgIpc) is 3.38. The molecule has 3 aromatic carbocycles. The van der Waals surface area contributed by atoms with Crippen LogP contribution in [0, 0.1) is 0 Å². The second kappa shape index (κ2) is 6.76. The van der Waals surface area contributed by atoms with E-state index in [0.29, 0.717) is 11.0 Å².